The first kappa shape index (κ1) is 18.1. The lowest BCUT2D eigenvalue weighted by molar-refractivity contribution is -0.115. The van der Waals surface area contributed by atoms with Crippen LogP contribution in [0.15, 0.2) is 48.5 Å². The SMILES string of the molecule is CCc1ccc(CC(=O)Nc2c3c(nn2-c2nc4ccccc4s2)CCC3)cc1. The average molecular weight is 403 g/mol. The molecule has 2 aromatic carbocycles. The Morgan fingerprint density at radius 1 is 1.10 bits per heavy atom. The Balaban J connectivity index is 1.45. The molecule has 5 rings (SSSR count). The van der Waals surface area contributed by atoms with Crippen LogP contribution in [-0.4, -0.2) is 20.7 Å². The molecule has 2 aromatic heterocycles. The molecule has 5 nitrogen and oxygen atoms in total. The van der Waals surface area contributed by atoms with Crippen molar-refractivity contribution in [3.63, 3.8) is 0 Å². The van der Waals surface area contributed by atoms with Crippen LogP contribution in [0.5, 0.6) is 0 Å². The molecule has 0 aliphatic heterocycles. The van der Waals surface area contributed by atoms with E-state index < -0.39 is 0 Å². The predicted octanol–water partition coefficient (Wildman–Crippen LogP) is 4.71. The monoisotopic (exact) mass is 402 g/mol. The van der Waals surface area contributed by atoms with Gasteiger partial charge in [0.2, 0.25) is 11.0 Å². The van der Waals surface area contributed by atoms with Crippen LogP contribution < -0.4 is 5.32 Å². The number of hydrogen-bond acceptors (Lipinski definition) is 4. The summed E-state index contributed by atoms with van der Waals surface area (Å²) in [6, 6.07) is 16.3. The van der Waals surface area contributed by atoms with Crippen LogP contribution in [-0.2, 0) is 30.5 Å². The number of fused-ring (bicyclic) bond motifs is 2. The number of para-hydroxylation sites is 1. The molecule has 0 atom stereocenters. The number of amides is 1. The first-order valence-electron chi connectivity index (χ1n) is 10.1. The van der Waals surface area contributed by atoms with Crippen molar-refractivity contribution in [2.24, 2.45) is 0 Å². The van der Waals surface area contributed by atoms with Gasteiger partial charge in [-0.3, -0.25) is 4.79 Å². The van der Waals surface area contributed by atoms with E-state index in [9.17, 15) is 4.79 Å². The zero-order chi connectivity index (χ0) is 19.8. The molecule has 0 spiro atoms. The molecule has 4 aromatic rings. The molecule has 1 aliphatic rings. The van der Waals surface area contributed by atoms with Crippen molar-refractivity contribution in [2.45, 2.75) is 39.0 Å². The van der Waals surface area contributed by atoms with Gasteiger partial charge >= 0.3 is 0 Å². The minimum Gasteiger partial charge on any atom is -0.310 e. The van der Waals surface area contributed by atoms with E-state index in [1.807, 2.05) is 35.0 Å². The zero-order valence-electron chi connectivity index (χ0n) is 16.3. The minimum absolute atomic E-state index is 0.0220. The van der Waals surface area contributed by atoms with Crippen LogP contribution in [0.2, 0.25) is 0 Å². The second kappa shape index (κ2) is 7.44. The summed E-state index contributed by atoms with van der Waals surface area (Å²) in [4.78, 5) is 17.6. The van der Waals surface area contributed by atoms with Crippen molar-refractivity contribution in [2.75, 3.05) is 5.32 Å². The second-order valence-corrected chi connectivity index (χ2v) is 8.41. The van der Waals surface area contributed by atoms with Crippen molar-refractivity contribution in [3.8, 4) is 5.13 Å². The lowest BCUT2D eigenvalue weighted by atomic mass is 10.1. The third-order valence-corrected chi connectivity index (χ3v) is 6.44. The van der Waals surface area contributed by atoms with Crippen LogP contribution >= 0.6 is 11.3 Å². The Kier molecular flexibility index (Phi) is 4.64. The molecule has 146 valence electrons. The Labute approximate surface area is 173 Å². The molecule has 0 radical (unpaired) electrons. The van der Waals surface area contributed by atoms with Crippen LogP contribution in [0.3, 0.4) is 0 Å². The van der Waals surface area contributed by atoms with Gasteiger partial charge in [-0.15, -0.1) is 0 Å². The van der Waals surface area contributed by atoms with E-state index in [1.165, 1.54) is 5.56 Å². The summed E-state index contributed by atoms with van der Waals surface area (Å²) in [6.45, 7) is 2.13. The molecule has 0 unspecified atom stereocenters. The summed E-state index contributed by atoms with van der Waals surface area (Å²) in [5.74, 6) is 0.762. The fourth-order valence-corrected chi connectivity index (χ4v) is 4.79. The molecule has 1 aliphatic carbocycles. The van der Waals surface area contributed by atoms with Gasteiger partial charge in [-0.1, -0.05) is 54.7 Å². The summed E-state index contributed by atoms with van der Waals surface area (Å²) in [5, 5.41) is 8.72. The second-order valence-electron chi connectivity index (χ2n) is 7.40. The van der Waals surface area contributed by atoms with E-state index in [2.05, 4.69) is 30.4 Å². The normalized spacial score (nSPS) is 13.0. The van der Waals surface area contributed by atoms with Gasteiger partial charge in [0, 0.05) is 5.56 Å². The third kappa shape index (κ3) is 3.44. The van der Waals surface area contributed by atoms with E-state index in [-0.39, 0.29) is 5.91 Å². The molecule has 0 saturated carbocycles. The highest BCUT2D eigenvalue weighted by atomic mass is 32.1. The van der Waals surface area contributed by atoms with Crippen molar-refractivity contribution < 1.29 is 4.79 Å². The van der Waals surface area contributed by atoms with Crippen LogP contribution in [0.1, 0.15) is 35.7 Å². The average Bonchev–Trinajstić information content (AvgIpc) is 3.43. The van der Waals surface area contributed by atoms with Gasteiger partial charge in [-0.05, 0) is 48.9 Å². The quantitative estimate of drug-likeness (QED) is 0.526. The standard InChI is InChI=1S/C23H22N4OS/c1-2-15-10-12-16(13-11-15)14-21(28)25-22-17-6-5-8-18(17)26-27(22)23-24-19-7-3-4-9-20(19)29-23/h3-4,7,9-13H,2,5-6,8,14H2,1H3,(H,25,28). The third-order valence-electron chi connectivity index (χ3n) is 5.42. The molecule has 0 fully saturated rings. The van der Waals surface area contributed by atoms with E-state index >= 15 is 0 Å². The fourth-order valence-electron chi connectivity index (χ4n) is 3.86. The first-order valence-corrected chi connectivity index (χ1v) is 10.9. The maximum absolute atomic E-state index is 12.8. The topological polar surface area (TPSA) is 59.8 Å². The summed E-state index contributed by atoms with van der Waals surface area (Å²) in [7, 11) is 0. The number of aromatic nitrogens is 3. The molecule has 2 heterocycles. The van der Waals surface area contributed by atoms with Crippen molar-refractivity contribution in [1.82, 2.24) is 14.8 Å². The van der Waals surface area contributed by atoms with Crippen LogP contribution in [0.25, 0.3) is 15.3 Å². The number of aryl methyl sites for hydroxylation is 2. The highest BCUT2D eigenvalue weighted by molar-refractivity contribution is 7.20. The van der Waals surface area contributed by atoms with Gasteiger partial charge in [0.05, 0.1) is 22.3 Å². The molecule has 0 bridgehead atoms. The van der Waals surface area contributed by atoms with Gasteiger partial charge in [-0.25, -0.2) is 4.98 Å². The molecule has 1 N–H and O–H groups in total. The number of hydrogen-bond donors (Lipinski definition) is 1. The Morgan fingerprint density at radius 2 is 1.90 bits per heavy atom. The van der Waals surface area contributed by atoms with Crippen molar-refractivity contribution in [3.05, 3.63) is 70.9 Å². The number of rotatable bonds is 5. The lowest BCUT2D eigenvalue weighted by Crippen LogP contribution is -2.18. The highest BCUT2D eigenvalue weighted by Gasteiger charge is 2.25. The summed E-state index contributed by atoms with van der Waals surface area (Å²) in [6.07, 6.45) is 4.33. The van der Waals surface area contributed by atoms with Crippen molar-refractivity contribution >= 4 is 33.3 Å². The van der Waals surface area contributed by atoms with Gasteiger partial charge < -0.3 is 5.32 Å². The summed E-state index contributed by atoms with van der Waals surface area (Å²) >= 11 is 1.59. The smallest absolute Gasteiger partial charge is 0.229 e. The number of thiazole rings is 1. The van der Waals surface area contributed by atoms with Gasteiger partial charge in [0.25, 0.3) is 0 Å². The van der Waals surface area contributed by atoms with Gasteiger partial charge in [0.1, 0.15) is 5.82 Å². The number of anilines is 1. The molecule has 6 heteroatoms. The van der Waals surface area contributed by atoms with E-state index in [4.69, 9.17) is 10.1 Å². The van der Waals surface area contributed by atoms with Crippen LogP contribution in [0, 0.1) is 0 Å². The minimum atomic E-state index is -0.0220. The molecule has 29 heavy (non-hydrogen) atoms. The zero-order valence-corrected chi connectivity index (χ0v) is 17.1. The largest absolute Gasteiger partial charge is 0.310 e. The van der Waals surface area contributed by atoms with Crippen LogP contribution in [0.4, 0.5) is 5.82 Å². The number of benzene rings is 2. The predicted molar refractivity (Wildman–Crippen MR) is 117 cm³/mol. The Morgan fingerprint density at radius 3 is 2.69 bits per heavy atom. The van der Waals surface area contributed by atoms with Crippen molar-refractivity contribution in [1.29, 1.82) is 0 Å². The molecular weight excluding hydrogens is 380 g/mol. The van der Waals surface area contributed by atoms with Gasteiger partial charge in [0.15, 0.2) is 0 Å². The molecule has 0 saturated heterocycles. The summed E-state index contributed by atoms with van der Waals surface area (Å²) in [5.41, 5.74) is 5.48. The van der Waals surface area contributed by atoms with E-state index in [0.717, 1.165) is 63.7 Å². The molecular formula is C23H22N4OS. The fraction of sp³-hybridized carbons (Fsp3) is 0.261. The molecule has 1 amide bonds. The maximum Gasteiger partial charge on any atom is 0.229 e. The Hall–Kier alpha value is -2.99. The number of nitrogens with zero attached hydrogens (tertiary/aromatic N) is 3. The summed E-state index contributed by atoms with van der Waals surface area (Å²) < 4.78 is 2.94. The number of carbonyl (C=O) groups excluding carboxylic acids is 1. The number of carbonyl (C=O) groups is 1. The maximum atomic E-state index is 12.8. The van der Waals surface area contributed by atoms with E-state index in [0.29, 0.717) is 6.42 Å². The first-order chi connectivity index (χ1) is 14.2. The van der Waals surface area contributed by atoms with Gasteiger partial charge in [-0.2, -0.15) is 9.78 Å². The van der Waals surface area contributed by atoms with E-state index in [1.54, 1.807) is 11.3 Å². The highest BCUT2D eigenvalue weighted by Crippen LogP contribution is 2.33. The number of nitrogens with one attached hydrogen (secondary N) is 1. The lowest BCUT2D eigenvalue weighted by Gasteiger charge is -2.09. The Bertz CT molecular complexity index is 1160.